The van der Waals surface area contributed by atoms with Gasteiger partial charge < -0.3 is 5.32 Å². The number of hydrogen-bond acceptors (Lipinski definition) is 2. The average Bonchev–Trinajstić information content (AvgIpc) is 2.25. The maximum atomic E-state index is 3.55. The minimum absolute atomic E-state index is 0.607. The van der Waals surface area contributed by atoms with Crippen molar-refractivity contribution in [1.82, 2.24) is 5.32 Å². The van der Waals surface area contributed by atoms with E-state index in [9.17, 15) is 0 Å². The molecule has 0 amide bonds. The first-order chi connectivity index (χ1) is 7.67. The molecule has 0 fully saturated rings. The van der Waals surface area contributed by atoms with Crippen molar-refractivity contribution in [3.8, 4) is 0 Å². The van der Waals surface area contributed by atoms with Crippen LogP contribution in [0.1, 0.15) is 32.8 Å². The van der Waals surface area contributed by atoms with Crippen molar-refractivity contribution in [3.05, 3.63) is 29.8 Å². The standard InChI is InChI=1S/C14H23NS/c1-5-14(15-6-2)12(4)16-13-9-7-8-11(3)10-13/h7-10,12,14-15H,5-6H2,1-4H3. The van der Waals surface area contributed by atoms with Crippen LogP contribution in [0.15, 0.2) is 29.2 Å². The van der Waals surface area contributed by atoms with Gasteiger partial charge in [-0.05, 0) is 32.0 Å². The summed E-state index contributed by atoms with van der Waals surface area (Å²) in [5.41, 5.74) is 1.34. The third-order valence-corrected chi connectivity index (χ3v) is 4.01. The van der Waals surface area contributed by atoms with Crippen molar-refractivity contribution in [3.63, 3.8) is 0 Å². The predicted molar refractivity (Wildman–Crippen MR) is 74.3 cm³/mol. The summed E-state index contributed by atoms with van der Waals surface area (Å²) >= 11 is 1.97. The number of benzene rings is 1. The van der Waals surface area contributed by atoms with Gasteiger partial charge in [0.15, 0.2) is 0 Å². The molecule has 1 rings (SSSR count). The molecular formula is C14H23NS. The Bertz CT molecular complexity index is 311. The van der Waals surface area contributed by atoms with Gasteiger partial charge in [-0.25, -0.2) is 0 Å². The van der Waals surface area contributed by atoms with Crippen LogP contribution in [0.2, 0.25) is 0 Å². The molecule has 0 spiro atoms. The first-order valence-corrected chi connectivity index (χ1v) is 7.02. The van der Waals surface area contributed by atoms with Crippen molar-refractivity contribution < 1.29 is 0 Å². The smallest absolute Gasteiger partial charge is 0.0220 e. The number of thioether (sulfide) groups is 1. The molecule has 0 aliphatic heterocycles. The van der Waals surface area contributed by atoms with Crippen molar-refractivity contribution in [2.24, 2.45) is 0 Å². The molecule has 2 atom stereocenters. The van der Waals surface area contributed by atoms with Crippen molar-refractivity contribution in [2.75, 3.05) is 6.54 Å². The Morgan fingerprint density at radius 3 is 2.62 bits per heavy atom. The molecule has 0 aliphatic rings. The molecule has 2 unspecified atom stereocenters. The van der Waals surface area contributed by atoms with E-state index in [0.717, 1.165) is 6.54 Å². The highest BCUT2D eigenvalue weighted by Gasteiger charge is 2.15. The number of nitrogens with one attached hydrogen (secondary N) is 1. The molecule has 1 nitrogen and oxygen atoms in total. The monoisotopic (exact) mass is 237 g/mol. The van der Waals surface area contributed by atoms with Crippen LogP contribution in [-0.4, -0.2) is 17.8 Å². The van der Waals surface area contributed by atoms with Crippen LogP contribution in [0.25, 0.3) is 0 Å². The molecule has 0 aliphatic carbocycles. The zero-order valence-electron chi connectivity index (χ0n) is 10.8. The summed E-state index contributed by atoms with van der Waals surface area (Å²) in [7, 11) is 0. The van der Waals surface area contributed by atoms with Crippen LogP contribution < -0.4 is 5.32 Å². The lowest BCUT2D eigenvalue weighted by molar-refractivity contribution is 0.509. The molecule has 0 saturated carbocycles. The molecule has 0 radical (unpaired) electrons. The van der Waals surface area contributed by atoms with Gasteiger partial charge in [-0.1, -0.05) is 38.5 Å². The van der Waals surface area contributed by atoms with Crippen LogP contribution in [0.4, 0.5) is 0 Å². The van der Waals surface area contributed by atoms with Gasteiger partial charge in [0, 0.05) is 16.2 Å². The zero-order chi connectivity index (χ0) is 12.0. The van der Waals surface area contributed by atoms with Crippen molar-refractivity contribution in [1.29, 1.82) is 0 Å². The fourth-order valence-corrected chi connectivity index (χ4v) is 3.18. The zero-order valence-corrected chi connectivity index (χ0v) is 11.6. The van der Waals surface area contributed by atoms with Crippen LogP contribution in [0.5, 0.6) is 0 Å². The van der Waals surface area contributed by atoms with E-state index in [1.807, 2.05) is 11.8 Å². The number of aryl methyl sites for hydroxylation is 1. The van der Waals surface area contributed by atoms with E-state index in [1.165, 1.54) is 16.9 Å². The summed E-state index contributed by atoms with van der Waals surface area (Å²) in [6.45, 7) is 9.94. The Morgan fingerprint density at radius 1 is 1.31 bits per heavy atom. The van der Waals surface area contributed by atoms with Gasteiger partial charge in [-0.2, -0.15) is 0 Å². The molecule has 0 bridgehead atoms. The lowest BCUT2D eigenvalue weighted by Gasteiger charge is -2.23. The Kier molecular flexibility index (Phi) is 5.93. The summed E-state index contributed by atoms with van der Waals surface area (Å²) in [6.07, 6.45) is 1.19. The van der Waals surface area contributed by atoms with E-state index in [1.54, 1.807) is 0 Å². The highest BCUT2D eigenvalue weighted by molar-refractivity contribution is 8.00. The summed E-state index contributed by atoms with van der Waals surface area (Å²) in [6, 6.07) is 9.36. The van der Waals surface area contributed by atoms with Gasteiger partial charge in [-0.15, -0.1) is 11.8 Å². The lowest BCUT2D eigenvalue weighted by atomic mass is 10.2. The molecule has 0 saturated heterocycles. The summed E-state index contributed by atoms with van der Waals surface area (Å²) in [4.78, 5) is 1.38. The Labute approximate surface area is 104 Å². The van der Waals surface area contributed by atoms with E-state index in [4.69, 9.17) is 0 Å². The second-order valence-corrected chi connectivity index (χ2v) is 5.66. The highest BCUT2D eigenvalue weighted by Crippen LogP contribution is 2.26. The van der Waals surface area contributed by atoms with Crippen molar-refractivity contribution >= 4 is 11.8 Å². The fourth-order valence-electron chi connectivity index (χ4n) is 1.89. The minimum atomic E-state index is 0.607. The van der Waals surface area contributed by atoms with Gasteiger partial charge in [0.1, 0.15) is 0 Å². The van der Waals surface area contributed by atoms with E-state index < -0.39 is 0 Å². The summed E-state index contributed by atoms with van der Waals surface area (Å²) in [5, 5.41) is 4.16. The van der Waals surface area contributed by atoms with Crippen LogP contribution in [-0.2, 0) is 0 Å². The first-order valence-electron chi connectivity index (χ1n) is 6.14. The van der Waals surface area contributed by atoms with E-state index >= 15 is 0 Å². The second kappa shape index (κ2) is 6.97. The largest absolute Gasteiger partial charge is 0.313 e. The average molecular weight is 237 g/mol. The summed E-state index contributed by atoms with van der Waals surface area (Å²) in [5.74, 6) is 0. The second-order valence-electron chi connectivity index (χ2n) is 4.21. The lowest BCUT2D eigenvalue weighted by Crippen LogP contribution is -2.35. The van der Waals surface area contributed by atoms with E-state index in [2.05, 4.69) is 57.3 Å². The molecule has 1 aromatic rings. The number of hydrogen-bond donors (Lipinski definition) is 1. The van der Waals surface area contributed by atoms with Gasteiger partial charge >= 0.3 is 0 Å². The number of rotatable bonds is 6. The molecule has 1 N–H and O–H groups in total. The van der Waals surface area contributed by atoms with E-state index in [-0.39, 0.29) is 0 Å². The SMILES string of the molecule is CCNC(CC)C(C)Sc1cccc(C)c1. The quantitative estimate of drug-likeness (QED) is 0.754. The summed E-state index contributed by atoms with van der Waals surface area (Å²) < 4.78 is 0. The normalized spacial score (nSPS) is 14.8. The van der Waals surface area contributed by atoms with Gasteiger partial charge in [0.2, 0.25) is 0 Å². The minimum Gasteiger partial charge on any atom is -0.313 e. The van der Waals surface area contributed by atoms with Crippen LogP contribution >= 0.6 is 11.8 Å². The van der Waals surface area contributed by atoms with Crippen LogP contribution in [0.3, 0.4) is 0 Å². The van der Waals surface area contributed by atoms with Gasteiger partial charge in [-0.3, -0.25) is 0 Å². The third kappa shape index (κ3) is 4.18. The molecule has 0 aromatic heterocycles. The molecule has 1 aromatic carbocycles. The Balaban J connectivity index is 2.58. The Hall–Kier alpha value is -0.470. The molecule has 0 heterocycles. The molecule has 16 heavy (non-hydrogen) atoms. The molecule has 90 valence electrons. The molecule has 2 heteroatoms. The maximum absolute atomic E-state index is 3.55. The van der Waals surface area contributed by atoms with Gasteiger partial charge in [0.25, 0.3) is 0 Å². The maximum Gasteiger partial charge on any atom is 0.0220 e. The first kappa shape index (κ1) is 13.6. The fraction of sp³-hybridized carbons (Fsp3) is 0.571. The van der Waals surface area contributed by atoms with Crippen LogP contribution in [0, 0.1) is 6.92 Å². The Morgan fingerprint density at radius 2 is 2.06 bits per heavy atom. The highest BCUT2D eigenvalue weighted by atomic mass is 32.2. The van der Waals surface area contributed by atoms with Gasteiger partial charge in [0.05, 0.1) is 0 Å². The van der Waals surface area contributed by atoms with Crippen molar-refractivity contribution in [2.45, 2.75) is 50.3 Å². The van der Waals surface area contributed by atoms with E-state index in [0.29, 0.717) is 11.3 Å². The predicted octanol–water partition coefficient (Wildman–Crippen LogP) is 3.86. The molecular weight excluding hydrogens is 214 g/mol. The topological polar surface area (TPSA) is 12.0 Å². The third-order valence-electron chi connectivity index (χ3n) is 2.78.